The van der Waals surface area contributed by atoms with Crippen molar-refractivity contribution in [1.82, 2.24) is 26.1 Å². The van der Waals surface area contributed by atoms with Gasteiger partial charge in [-0.1, -0.05) is 83.2 Å². The van der Waals surface area contributed by atoms with Crippen molar-refractivity contribution < 1.29 is 4.39 Å². The van der Waals surface area contributed by atoms with Crippen LogP contribution in [0.2, 0.25) is 0 Å². The average molecular weight is 636 g/mol. The van der Waals surface area contributed by atoms with Crippen LogP contribution in [0.1, 0.15) is 72.1 Å². The molecule has 0 aliphatic carbocycles. The van der Waals surface area contributed by atoms with Crippen molar-refractivity contribution in [3.63, 3.8) is 0 Å². The first-order chi connectivity index (χ1) is 22.6. The lowest BCUT2D eigenvalue weighted by Gasteiger charge is -2.24. The molecule has 2 aromatic rings. The number of halogens is 1. The van der Waals surface area contributed by atoms with E-state index >= 15 is 0 Å². The SMILES string of the molecule is C=C/C=C(\C(C)=C(/C)NC(=C)c1n[nH]c(=C/C)/c1=C\C(=C)C(/C=C(\C=C)NC(=C)CC1CCNCC1)=C/C)c1cccc(F)c1.CC. The Morgan fingerprint density at radius 2 is 1.77 bits per heavy atom. The zero-order valence-electron chi connectivity index (χ0n) is 29.3. The van der Waals surface area contributed by atoms with Crippen LogP contribution < -0.4 is 26.5 Å². The minimum absolute atomic E-state index is 0.293. The van der Waals surface area contributed by atoms with E-state index in [2.05, 4.69) is 59.0 Å². The molecular formula is C41H54FN5. The molecule has 0 amide bonds. The molecule has 1 aliphatic rings. The van der Waals surface area contributed by atoms with Gasteiger partial charge in [-0.3, -0.25) is 5.10 Å². The second-order valence-corrected chi connectivity index (χ2v) is 11.2. The van der Waals surface area contributed by atoms with E-state index < -0.39 is 0 Å². The number of H-pyrrole nitrogens is 1. The predicted octanol–water partition coefficient (Wildman–Crippen LogP) is 8.35. The number of allylic oxidation sites excluding steroid dienone is 11. The Balaban J connectivity index is 0.00000376. The fourth-order valence-corrected chi connectivity index (χ4v) is 5.38. The van der Waals surface area contributed by atoms with E-state index in [0.29, 0.717) is 17.3 Å². The Morgan fingerprint density at radius 1 is 1.06 bits per heavy atom. The largest absolute Gasteiger partial charge is 0.359 e. The molecule has 1 aromatic carbocycles. The van der Waals surface area contributed by atoms with Crippen molar-refractivity contribution in [3.05, 3.63) is 149 Å². The van der Waals surface area contributed by atoms with Gasteiger partial charge in [0.2, 0.25) is 0 Å². The molecule has 4 N–H and O–H groups in total. The zero-order valence-corrected chi connectivity index (χ0v) is 29.3. The molecule has 2 heterocycles. The number of aromatic nitrogens is 2. The van der Waals surface area contributed by atoms with Gasteiger partial charge in [-0.15, -0.1) is 0 Å². The Labute approximate surface area is 282 Å². The van der Waals surface area contributed by atoms with Gasteiger partial charge in [-0.2, -0.15) is 5.10 Å². The van der Waals surface area contributed by atoms with Crippen molar-refractivity contribution in [2.45, 2.75) is 60.8 Å². The van der Waals surface area contributed by atoms with E-state index in [0.717, 1.165) is 87.9 Å². The molecule has 0 bridgehead atoms. The van der Waals surface area contributed by atoms with Crippen molar-refractivity contribution in [3.8, 4) is 0 Å². The van der Waals surface area contributed by atoms with Crippen LogP contribution in [0.15, 0.2) is 121 Å². The summed E-state index contributed by atoms with van der Waals surface area (Å²) < 4.78 is 14.0. The number of nitrogens with one attached hydrogen (secondary N) is 4. The number of rotatable bonds is 14. The fraction of sp³-hybridized carbons (Fsp3) is 0.293. The van der Waals surface area contributed by atoms with Gasteiger partial charge in [0.1, 0.15) is 11.5 Å². The zero-order chi connectivity index (χ0) is 34.9. The molecular weight excluding hydrogens is 581 g/mol. The van der Waals surface area contributed by atoms with E-state index in [9.17, 15) is 4.39 Å². The summed E-state index contributed by atoms with van der Waals surface area (Å²) in [6.45, 7) is 34.9. The molecule has 0 radical (unpaired) electrons. The van der Waals surface area contributed by atoms with Gasteiger partial charge in [0.25, 0.3) is 0 Å². The highest BCUT2D eigenvalue weighted by atomic mass is 19.1. The van der Waals surface area contributed by atoms with Gasteiger partial charge in [0.15, 0.2) is 0 Å². The maximum atomic E-state index is 14.0. The molecule has 1 aromatic heterocycles. The molecule has 6 heteroatoms. The highest BCUT2D eigenvalue weighted by molar-refractivity contribution is 5.81. The third-order valence-electron chi connectivity index (χ3n) is 7.98. The highest BCUT2D eigenvalue weighted by Crippen LogP contribution is 2.26. The van der Waals surface area contributed by atoms with Crippen LogP contribution >= 0.6 is 0 Å². The van der Waals surface area contributed by atoms with Crippen LogP contribution in [0, 0.1) is 11.7 Å². The van der Waals surface area contributed by atoms with Gasteiger partial charge in [0.05, 0.1) is 11.0 Å². The maximum absolute atomic E-state index is 14.0. The second-order valence-electron chi connectivity index (χ2n) is 11.2. The minimum atomic E-state index is -0.293. The molecule has 5 nitrogen and oxygen atoms in total. The molecule has 3 rings (SSSR count). The van der Waals surface area contributed by atoms with E-state index in [1.54, 1.807) is 18.2 Å². The van der Waals surface area contributed by atoms with Crippen molar-refractivity contribution >= 4 is 23.4 Å². The third kappa shape index (κ3) is 11.3. The van der Waals surface area contributed by atoms with Crippen molar-refractivity contribution in [1.29, 1.82) is 0 Å². The average Bonchev–Trinajstić information content (AvgIpc) is 3.48. The van der Waals surface area contributed by atoms with Gasteiger partial charge in [-0.05, 0) is 124 Å². The molecule has 0 saturated carbocycles. The Hall–Kier alpha value is -4.68. The lowest BCUT2D eigenvalue weighted by molar-refractivity contribution is 0.368. The van der Waals surface area contributed by atoms with Crippen LogP contribution in [0.25, 0.3) is 23.4 Å². The molecule has 0 atom stereocenters. The molecule has 0 spiro atoms. The summed E-state index contributed by atoms with van der Waals surface area (Å²) in [5, 5.41) is 19.7. The van der Waals surface area contributed by atoms with Crippen LogP contribution in [-0.4, -0.2) is 23.3 Å². The molecule has 47 heavy (non-hydrogen) atoms. The van der Waals surface area contributed by atoms with Crippen LogP contribution in [0.4, 0.5) is 4.39 Å². The van der Waals surface area contributed by atoms with Gasteiger partial charge < -0.3 is 16.0 Å². The van der Waals surface area contributed by atoms with Crippen molar-refractivity contribution in [2.75, 3.05) is 13.1 Å². The topological polar surface area (TPSA) is 64.8 Å². The number of hydrogen-bond acceptors (Lipinski definition) is 4. The first kappa shape index (κ1) is 38.5. The third-order valence-corrected chi connectivity index (χ3v) is 7.98. The molecule has 250 valence electrons. The lowest BCUT2D eigenvalue weighted by atomic mass is 9.93. The summed E-state index contributed by atoms with van der Waals surface area (Å²) >= 11 is 0. The van der Waals surface area contributed by atoms with Gasteiger partial charge in [0, 0.05) is 22.3 Å². The summed E-state index contributed by atoms with van der Waals surface area (Å²) in [5.41, 5.74) is 8.33. The number of hydrogen-bond donors (Lipinski definition) is 4. The van der Waals surface area contributed by atoms with E-state index in [1.807, 2.05) is 78.0 Å². The monoisotopic (exact) mass is 635 g/mol. The summed E-state index contributed by atoms with van der Waals surface area (Å²) in [6, 6.07) is 6.53. The quantitative estimate of drug-likeness (QED) is 0.158. The maximum Gasteiger partial charge on any atom is 0.123 e. The van der Waals surface area contributed by atoms with E-state index in [-0.39, 0.29) is 5.82 Å². The minimum Gasteiger partial charge on any atom is -0.359 e. The van der Waals surface area contributed by atoms with Crippen LogP contribution in [0.5, 0.6) is 0 Å². The smallest absolute Gasteiger partial charge is 0.123 e. The van der Waals surface area contributed by atoms with E-state index in [1.165, 1.54) is 12.1 Å². The van der Waals surface area contributed by atoms with Crippen LogP contribution in [-0.2, 0) is 0 Å². The number of piperidine rings is 1. The normalized spacial score (nSPS) is 15.7. The lowest BCUT2D eigenvalue weighted by Crippen LogP contribution is -2.28. The Bertz CT molecular complexity index is 1690. The van der Waals surface area contributed by atoms with Gasteiger partial charge in [-0.25, -0.2) is 4.39 Å². The summed E-state index contributed by atoms with van der Waals surface area (Å²) in [7, 11) is 0. The summed E-state index contributed by atoms with van der Waals surface area (Å²) in [5.74, 6) is 0.346. The van der Waals surface area contributed by atoms with E-state index in [4.69, 9.17) is 0 Å². The molecule has 0 unspecified atom stereocenters. The van der Waals surface area contributed by atoms with Gasteiger partial charge >= 0.3 is 0 Å². The second kappa shape index (κ2) is 19.7. The highest BCUT2D eigenvalue weighted by Gasteiger charge is 2.15. The summed E-state index contributed by atoms with van der Waals surface area (Å²) in [6.07, 6.45) is 16.7. The van der Waals surface area contributed by atoms with Crippen LogP contribution in [0.3, 0.4) is 0 Å². The number of aromatic amines is 1. The standard InChI is InChI=1S/C39H48FN5.C2H6/c1-10-15-36(33-16-14-17-34(40)24-33)28(7)29(8)43-30(9)39-37(38(13-4)44-45-39)22-26(5)32(11-2)25-35(12-3)42-27(6)23-31-18-20-41-21-19-31;1-2/h10-17,22,24-25,31,41-44H,1,3,5-6,9,18-21,23H2,2,4,7-8H3;1-2H3/b29-28+,32-11+,35-25+,36-15+,37-22+,38-13+;. The molecule has 1 aliphatic heterocycles. The number of nitrogens with zero attached hydrogens (tertiary/aromatic N) is 1. The Kier molecular flexibility index (Phi) is 16.2. The fourth-order valence-electron chi connectivity index (χ4n) is 5.38. The molecule has 1 fully saturated rings. The number of benzene rings is 1. The van der Waals surface area contributed by atoms with Crippen molar-refractivity contribution in [2.24, 2.45) is 5.92 Å². The Morgan fingerprint density at radius 3 is 2.36 bits per heavy atom. The summed E-state index contributed by atoms with van der Waals surface area (Å²) in [4.78, 5) is 0. The first-order valence-corrected chi connectivity index (χ1v) is 16.4. The first-order valence-electron chi connectivity index (χ1n) is 16.4. The predicted molar refractivity (Wildman–Crippen MR) is 203 cm³/mol. The molecule has 1 saturated heterocycles.